The van der Waals surface area contributed by atoms with Crippen molar-refractivity contribution in [2.75, 3.05) is 14.1 Å². The highest BCUT2D eigenvalue weighted by Gasteiger charge is 1.96. The molecule has 2 heteroatoms. The van der Waals surface area contributed by atoms with Crippen molar-refractivity contribution in [3.05, 3.63) is 85.3 Å². The van der Waals surface area contributed by atoms with E-state index in [1.807, 2.05) is 63.6 Å². The summed E-state index contributed by atoms with van der Waals surface area (Å²) in [5.74, 6) is 0. The van der Waals surface area contributed by atoms with Crippen LogP contribution in [0.25, 0.3) is 0 Å². The molecule has 0 amide bonds. The Hall–Kier alpha value is -2.06. The highest BCUT2D eigenvalue weighted by molar-refractivity contribution is 5.28. The molecule has 0 saturated heterocycles. The molecule has 2 nitrogen and oxygen atoms in total. The predicted octanol–water partition coefficient (Wildman–Crippen LogP) is 4.35. The second kappa shape index (κ2) is 12.9. The molecule has 0 radical (unpaired) electrons. The summed E-state index contributed by atoms with van der Waals surface area (Å²) in [7, 11) is 3.98. The molecule has 0 aromatic carbocycles. The minimum Gasteiger partial charge on any atom is -0.351 e. The van der Waals surface area contributed by atoms with E-state index in [1.165, 1.54) is 0 Å². The zero-order chi connectivity index (χ0) is 15.9. The summed E-state index contributed by atoms with van der Waals surface area (Å²) in [5.41, 5.74) is 1.10. The Kier molecular flexibility index (Phi) is 11.7. The Morgan fingerprint density at radius 1 is 1.10 bits per heavy atom. The van der Waals surface area contributed by atoms with Gasteiger partial charge in [0.1, 0.15) is 0 Å². The van der Waals surface area contributed by atoms with Gasteiger partial charge in [-0.15, -0.1) is 0 Å². The molecule has 0 rings (SSSR count). The van der Waals surface area contributed by atoms with Crippen molar-refractivity contribution in [2.45, 2.75) is 19.9 Å². The first-order chi connectivity index (χ1) is 10.2. The van der Waals surface area contributed by atoms with Crippen LogP contribution in [0.2, 0.25) is 0 Å². The number of hydrogen-bond acceptors (Lipinski definition) is 2. The maximum absolute atomic E-state index is 3.68. The first kappa shape index (κ1) is 18.9. The molecule has 0 fully saturated rings. The summed E-state index contributed by atoms with van der Waals surface area (Å²) in [6.07, 6.45) is 24.0. The third-order valence-corrected chi connectivity index (χ3v) is 2.77. The fourth-order valence-electron chi connectivity index (χ4n) is 1.36. The van der Waals surface area contributed by atoms with Crippen LogP contribution in [0.1, 0.15) is 13.8 Å². The number of likely N-dealkylation sites (N-methyl/N-ethyl adjacent to an activating group) is 2. The molecule has 0 heterocycles. The molecule has 1 atom stereocenters. The lowest BCUT2D eigenvalue weighted by Crippen LogP contribution is -2.19. The summed E-state index contributed by atoms with van der Waals surface area (Å²) in [6, 6.07) is 0.344. The minimum atomic E-state index is 0.344. The van der Waals surface area contributed by atoms with Gasteiger partial charge in [-0.05, 0) is 33.0 Å². The first-order valence-corrected chi connectivity index (χ1v) is 7.19. The molecule has 0 spiro atoms. The summed E-state index contributed by atoms with van der Waals surface area (Å²) in [4.78, 5) is 2.08. The monoisotopic (exact) mass is 284 g/mol. The van der Waals surface area contributed by atoms with E-state index in [-0.39, 0.29) is 0 Å². The second-order valence-corrected chi connectivity index (χ2v) is 4.51. The Labute approximate surface area is 130 Å². The summed E-state index contributed by atoms with van der Waals surface area (Å²) in [6.45, 7) is 7.79. The van der Waals surface area contributed by atoms with Crippen molar-refractivity contribution in [1.29, 1.82) is 0 Å². The number of nitrogens with zero attached hydrogens (tertiary/aromatic N) is 1. The van der Waals surface area contributed by atoms with E-state index in [0.717, 1.165) is 5.70 Å². The molecule has 0 bridgehead atoms. The first-order valence-electron chi connectivity index (χ1n) is 7.19. The molecule has 0 aromatic heterocycles. The van der Waals surface area contributed by atoms with Gasteiger partial charge in [0, 0.05) is 25.0 Å². The van der Waals surface area contributed by atoms with Crippen molar-refractivity contribution in [3.8, 4) is 0 Å². The van der Waals surface area contributed by atoms with Crippen LogP contribution in [0, 0.1) is 0 Å². The van der Waals surface area contributed by atoms with Crippen LogP contribution in [-0.4, -0.2) is 25.0 Å². The molecular weight excluding hydrogens is 256 g/mol. The van der Waals surface area contributed by atoms with Gasteiger partial charge in [-0.2, -0.15) is 0 Å². The Balaban J connectivity index is 4.96. The maximum Gasteiger partial charge on any atom is 0.0403 e. The van der Waals surface area contributed by atoms with Crippen LogP contribution in [0.5, 0.6) is 0 Å². The van der Waals surface area contributed by atoms with Crippen molar-refractivity contribution < 1.29 is 0 Å². The number of allylic oxidation sites excluding steroid dienone is 10. The third-order valence-electron chi connectivity index (χ3n) is 2.77. The van der Waals surface area contributed by atoms with Crippen molar-refractivity contribution >= 4 is 0 Å². The molecule has 0 aromatic rings. The van der Waals surface area contributed by atoms with Crippen LogP contribution < -0.4 is 5.32 Å². The van der Waals surface area contributed by atoms with Crippen molar-refractivity contribution in [2.24, 2.45) is 0 Å². The van der Waals surface area contributed by atoms with Crippen molar-refractivity contribution in [3.63, 3.8) is 0 Å². The highest BCUT2D eigenvalue weighted by Crippen LogP contribution is 2.06. The minimum absolute atomic E-state index is 0.344. The smallest absolute Gasteiger partial charge is 0.0403 e. The zero-order valence-corrected chi connectivity index (χ0v) is 13.7. The van der Waals surface area contributed by atoms with E-state index in [2.05, 4.69) is 48.1 Å². The molecule has 0 aliphatic rings. The Morgan fingerprint density at radius 2 is 1.81 bits per heavy atom. The average Bonchev–Trinajstić information content (AvgIpc) is 2.50. The normalized spacial score (nSPS) is 15.1. The van der Waals surface area contributed by atoms with Gasteiger partial charge in [0.2, 0.25) is 0 Å². The van der Waals surface area contributed by atoms with Crippen LogP contribution >= 0.6 is 0 Å². The molecule has 0 aliphatic carbocycles. The van der Waals surface area contributed by atoms with Gasteiger partial charge in [-0.3, -0.25) is 0 Å². The van der Waals surface area contributed by atoms with Gasteiger partial charge >= 0.3 is 0 Å². The summed E-state index contributed by atoms with van der Waals surface area (Å²) in [5, 5.41) is 3.18. The fraction of sp³-hybridized carbons (Fsp3) is 0.263. The van der Waals surface area contributed by atoms with Gasteiger partial charge < -0.3 is 10.2 Å². The topological polar surface area (TPSA) is 15.3 Å². The van der Waals surface area contributed by atoms with Crippen molar-refractivity contribution in [1.82, 2.24) is 10.2 Å². The maximum atomic E-state index is 3.68. The lowest BCUT2D eigenvalue weighted by molar-refractivity contribution is 0.578. The van der Waals surface area contributed by atoms with E-state index < -0.39 is 0 Å². The Bertz CT molecular complexity index is 448. The number of rotatable bonds is 9. The third kappa shape index (κ3) is 10.4. The van der Waals surface area contributed by atoms with Gasteiger partial charge in [0.05, 0.1) is 0 Å². The average molecular weight is 284 g/mol. The Morgan fingerprint density at radius 3 is 2.43 bits per heavy atom. The lowest BCUT2D eigenvalue weighted by atomic mass is 10.2. The quantitative estimate of drug-likeness (QED) is 0.633. The highest BCUT2D eigenvalue weighted by atomic mass is 15.1. The summed E-state index contributed by atoms with van der Waals surface area (Å²) >= 11 is 0. The van der Waals surface area contributed by atoms with Crippen LogP contribution in [0.3, 0.4) is 0 Å². The lowest BCUT2D eigenvalue weighted by Gasteiger charge is -2.16. The van der Waals surface area contributed by atoms with Crippen LogP contribution in [0.4, 0.5) is 0 Å². The van der Waals surface area contributed by atoms with Gasteiger partial charge in [0.15, 0.2) is 0 Å². The summed E-state index contributed by atoms with van der Waals surface area (Å²) < 4.78 is 0. The van der Waals surface area contributed by atoms with E-state index >= 15 is 0 Å². The van der Waals surface area contributed by atoms with Crippen LogP contribution in [0.15, 0.2) is 85.3 Å². The predicted molar refractivity (Wildman–Crippen MR) is 95.9 cm³/mol. The van der Waals surface area contributed by atoms with E-state index in [1.54, 1.807) is 6.08 Å². The standard InChI is InChI=1S/C19H28N2/c1-6-8-10-11-13-15-19(14-12-9-7-2)21(5)17-16-18(3)20-4/h6-18,20H,2H2,1,3-5H3/b8-6+,11-10-,12-9-,15-13-,17-16+,19-14-. The van der Waals surface area contributed by atoms with Gasteiger partial charge in [-0.1, -0.05) is 61.3 Å². The SMILES string of the molecule is C=C\C=C/C=C(/C=C\C=C/C=C/C)N(C)/C=C/C(C)NC. The van der Waals surface area contributed by atoms with E-state index in [0.29, 0.717) is 6.04 Å². The molecule has 21 heavy (non-hydrogen) atoms. The molecule has 0 aliphatic heterocycles. The fourth-order valence-corrected chi connectivity index (χ4v) is 1.36. The molecule has 0 saturated carbocycles. The molecular formula is C19H28N2. The second-order valence-electron chi connectivity index (χ2n) is 4.51. The van der Waals surface area contributed by atoms with E-state index in [9.17, 15) is 0 Å². The molecule has 1 N–H and O–H groups in total. The zero-order valence-electron chi connectivity index (χ0n) is 13.7. The van der Waals surface area contributed by atoms with Gasteiger partial charge in [0.25, 0.3) is 0 Å². The number of hydrogen-bond donors (Lipinski definition) is 1. The van der Waals surface area contributed by atoms with Crippen LogP contribution in [-0.2, 0) is 0 Å². The van der Waals surface area contributed by atoms with E-state index in [4.69, 9.17) is 0 Å². The van der Waals surface area contributed by atoms with Gasteiger partial charge in [-0.25, -0.2) is 0 Å². The number of nitrogens with one attached hydrogen (secondary N) is 1. The molecule has 114 valence electrons. The largest absolute Gasteiger partial charge is 0.351 e. The molecule has 1 unspecified atom stereocenters.